The summed E-state index contributed by atoms with van der Waals surface area (Å²) in [5, 5.41) is 0. The van der Waals surface area contributed by atoms with E-state index in [4.69, 9.17) is 9.47 Å². The highest BCUT2D eigenvalue weighted by Crippen LogP contribution is 2.46. The first-order valence-corrected chi connectivity index (χ1v) is 6.82. The topological polar surface area (TPSA) is 52.6 Å². The van der Waals surface area contributed by atoms with Crippen LogP contribution in [0.1, 0.15) is 47.5 Å². The normalized spacial score (nSPS) is 17.8. The minimum Gasteiger partial charge on any atom is -0.465 e. The summed E-state index contributed by atoms with van der Waals surface area (Å²) in [5.41, 5.74) is -0.122. The maximum atomic E-state index is 12.2. The summed E-state index contributed by atoms with van der Waals surface area (Å²) in [6.07, 6.45) is 2.75. The van der Waals surface area contributed by atoms with Gasteiger partial charge < -0.3 is 9.47 Å². The minimum atomic E-state index is -1.17. The molecule has 0 unspecified atom stereocenters. The average molecular weight is 268 g/mol. The third-order valence-electron chi connectivity index (χ3n) is 3.48. The van der Waals surface area contributed by atoms with Crippen LogP contribution >= 0.6 is 0 Å². The quantitative estimate of drug-likeness (QED) is 0.447. The van der Waals surface area contributed by atoms with Crippen molar-refractivity contribution >= 4 is 11.9 Å². The Morgan fingerprint density at radius 1 is 1.16 bits per heavy atom. The highest BCUT2D eigenvalue weighted by Gasteiger charge is 2.52. The second kappa shape index (κ2) is 5.76. The van der Waals surface area contributed by atoms with Gasteiger partial charge in [0, 0.05) is 0 Å². The van der Waals surface area contributed by atoms with Gasteiger partial charge in [0.1, 0.15) is 0 Å². The zero-order chi connectivity index (χ0) is 14.7. The zero-order valence-corrected chi connectivity index (χ0v) is 12.5. The van der Waals surface area contributed by atoms with Crippen LogP contribution in [-0.4, -0.2) is 25.2 Å². The Hall–Kier alpha value is -1.32. The molecule has 19 heavy (non-hydrogen) atoms. The SMILES string of the molecule is CCOC(=O)C1(C(=O)OCC)CC=C(C(C)(C)C)C1. The number of carbonyl (C=O) groups is 2. The maximum Gasteiger partial charge on any atom is 0.324 e. The molecule has 0 saturated carbocycles. The van der Waals surface area contributed by atoms with E-state index in [-0.39, 0.29) is 18.6 Å². The van der Waals surface area contributed by atoms with Crippen molar-refractivity contribution in [3.8, 4) is 0 Å². The van der Waals surface area contributed by atoms with Crippen molar-refractivity contribution in [2.24, 2.45) is 10.8 Å². The summed E-state index contributed by atoms with van der Waals surface area (Å²) in [5.74, 6) is -0.937. The Balaban J connectivity index is 2.99. The van der Waals surface area contributed by atoms with E-state index in [1.54, 1.807) is 13.8 Å². The van der Waals surface area contributed by atoms with Gasteiger partial charge in [-0.2, -0.15) is 0 Å². The van der Waals surface area contributed by atoms with Crippen LogP contribution in [0.4, 0.5) is 0 Å². The molecule has 0 aliphatic heterocycles. The van der Waals surface area contributed by atoms with Gasteiger partial charge in [0.15, 0.2) is 5.41 Å². The van der Waals surface area contributed by atoms with E-state index in [0.29, 0.717) is 12.8 Å². The molecular formula is C15H24O4. The molecule has 0 aromatic heterocycles. The predicted octanol–water partition coefficient (Wildman–Crippen LogP) is 2.87. The molecular weight excluding hydrogens is 244 g/mol. The molecule has 108 valence electrons. The second-order valence-corrected chi connectivity index (χ2v) is 5.88. The molecule has 0 bridgehead atoms. The van der Waals surface area contributed by atoms with Crippen LogP contribution < -0.4 is 0 Å². The molecule has 0 aromatic carbocycles. The van der Waals surface area contributed by atoms with Crippen LogP contribution in [0.5, 0.6) is 0 Å². The van der Waals surface area contributed by atoms with Gasteiger partial charge in [-0.1, -0.05) is 32.4 Å². The van der Waals surface area contributed by atoms with Gasteiger partial charge in [-0.25, -0.2) is 0 Å². The lowest BCUT2D eigenvalue weighted by atomic mass is 9.78. The molecule has 1 aliphatic carbocycles. The van der Waals surface area contributed by atoms with Gasteiger partial charge in [-0.3, -0.25) is 9.59 Å². The number of rotatable bonds is 4. The molecule has 0 radical (unpaired) electrons. The fraction of sp³-hybridized carbons (Fsp3) is 0.733. The lowest BCUT2D eigenvalue weighted by Gasteiger charge is -2.27. The van der Waals surface area contributed by atoms with Gasteiger partial charge in [-0.05, 0) is 32.1 Å². The second-order valence-electron chi connectivity index (χ2n) is 5.88. The van der Waals surface area contributed by atoms with Gasteiger partial charge >= 0.3 is 11.9 Å². The molecule has 4 nitrogen and oxygen atoms in total. The Kier molecular flexibility index (Phi) is 4.77. The number of allylic oxidation sites excluding steroid dienone is 2. The number of hydrogen-bond donors (Lipinski definition) is 0. The molecule has 0 spiro atoms. The van der Waals surface area contributed by atoms with Crippen LogP contribution in [0.25, 0.3) is 0 Å². The van der Waals surface area contributed by atoms with Gasteiger partial charge in [-0.15, -0.1) is 0 Å². The summed E-state index contributed by atoms with van der Waals surface area (Å²) in [4.78, 5) is 24.4. The summed E-state index contributed by atoms with van der Waals surface area (Å²) in [6.45, 7) is 10.2. The van der Waals surface area contributed by atoms with Gasteiger partial charge in [0.2, 0.25) is 0 Å². The number of carbonyl (C=O) groups excluding carboxylic acids is 2. The third kappa shape index (κ3) is 3.17. The summed E-state index contributed by atoms with van der Waals surface area (Å²) in [6, 6.07) is 0. The summed E-state index contributed by atoms with van der Waals surface area (Å²) >= 11 is 0. The first kappa shape index (κ1) is 15.7. The summed E-state index contributed by atoms with van der Waals surface area (Å²) in [7, 11) is 0. The molecule has 4 heteroatoms. The van der Waals surface area contributed by atoms with Crippen molar-refractivity contribution in [3.05, 3.63) is 11.6 Å². The largest absolute Gasteiger partial charge is 0.465 e. The van der Waals surface area contributed by atoms with E-state index in [1.807, 2.05) is 6.08 Å². The lowest BCUT2D eigenvalue weighted by Crippen LogP contribution is -2.40. The maximum absolute atomic E-state index is 12.2. The molecule has 0 atom stereocenters. The van der Waals surface area contributed by atoms with Crippen LogP contribution in [-0.2, 0) is 19.1 Å². The van der Waals surface area contributed by atoms with E-state index in [2.05, 4.69) is 20.8 Å². The lowest BCUT2D eigenvalue weighted by molar-refractivity contribution is -0.171. The van der Waals surface area contributed by atoms with Crippen molar-refractivity contribution in [3.63, 3.8) is 0 Å². The van der Waals surface area contributed by atoms with Crippen molar-refractivity contribution < 1.29 is 19.1 Å². The van der Waals surface area contributed by atoms with E-state index < -0.39 is 17.4 Å². The molecule has 0 fully saturated rings. The van der Waals surface area contributed by atoms with Crippen molar-refractivity contribution in [2.45, 2.75) is 47.5 Å². The Bertz CT molecular complexity index is 369. The smallest absolute Gasteiger partial charge is 0.324 e. The van der Waals surface area contributed by atoms with Crippen LogP contribution in [0, 0.1) is 10.8 Å². The first-order valence-electron chi connectivity index (χ1n) is 6.82. The predicted molar refractivity (Wildman–Crippen MR) is 72.5 cm³/mol. The fourth-order valence-corrected chi connectivity index (χ4v) is 2.27. The fourth-order valence-electron chi connectivity index (χ4n) is 2.27. The average Bonchev–Trinajstić information content (AvgIpc) is 2.75. The highest BCUT2D eigenvalue weighted by molar-refractivity contribution is 6.01. The van der Waals surface area contributed by atoms with Crippen LogP contribution in [0.15, 0.2) is 11.6 Å². The van der Waals surface area contributed by atoms with E-state index in [9.17, 15) is 9.59 Å². The number of ether oxygens (including phenoxy) is 2. The van der Waals surface area contributed by atoms with Crippen molar-refractivity contribution in [1.29, 1.82) is 0 Å². The molecule has 0 saturated heterocycles. The molecule has 0 aromatic rings. The standard InChI is InChI=1S/C15H24O4/c1-6-18-12(16)15(13(17)19-7-2)9-8-11(10-15)14(3,4)5/h8H,6-7,9-10H2,1-5H3. The Labute approximate surface area is 115 Å². The number of hydrogen-bond acceptors (Lipinski definition) is 4. The van der Waals surface area contributed by atoms with Crippen molar-refractivity contribution in [1.82, 2.24) is 0 Å². The molecule has 0 amide bonds. The summed E-state index contributed by atoms with van der Waals surface area (Å²) < 4.78 is 10.2. The minimum absolute atomic E-state index is 0.0548. The number of esters is 2. The zero-order valence-electron chi connectivity index (χ0n) is 12.5. The van der Waals surface area contributed by atoms with Crippen molar-refractivity contribution in [2.75, 3.05) is 13.2 Å². The monoisotopic (exact) mass is 268 g/mol. The van der Waals surface area contributed by atoms with E-state index in [1.165, 1.54) is 0 Å². The first-order chi connectivity index (χ1) is 8.78. The van der Waals surface area contributed by atoms with E-state index in [0.717, 1.165) is 5.57 Å². The van der Waals surface area contributed by atoms with Gasteiger partial charge in [0.05, 0.1) is 13.2 Å². The Morgan fingerprint density at radius 3 is 1.95 bits per heavy atom. The van der Waals surface area contributed by atoms with Gasteiger partial charge in [0.25, 0.3) is 0 Å². The molecule has 1 rings (SSSR count). The Morgan fingerprint density at radius 2 is 1.63 bits per heavy atom. The van der Waals surface area contributed by atoms with Crippen LogP contribution in [0.2, 0.25) is 0 Å². The highest BCUT2D eigenvalue weighted by atomic mass is 16.6. The third-order valence-corrected chi connectivity index (χ3v) is 3.48. The van der Waals surface area contributed by atoms with Crippen LogP contribution in [0.3, 0.4) is 0 Å². The molecule has 0 N–H and O–H groups in total. The van der Waals surface area contributed by atoms with E-state index >= 15 is 0 Å². The molecule has 0 heterocycles. The molecule has 1 aliphatic rings.